The van der Waals surface area contributed by atoms with Crippen LogP contribution in [-0.2, 0) is 16.1 Å². The number of aryl methyl sites for hydroxylation is 1. The minimum Gasteiger partial charge on any atom is -0.489 e. The van der Waals surface area contributed by atoms with Crippen LogP contribution in [0.1, 0.15) is 37.8 Å². The number of methoxy groups -OCH3 is 1. The van der Waals surface area contributed by atoms with Gasteiger partial charge in [0.1, 0.15) is 18.0 Å². The van der Waals surface area contributed by atoms with E-state index in [1.165, 1.54) is 0 Å². The fourth-order valence-electron chi connectivity index (χ4n) is 2.67. The summed E-state index contributed by atoms with van der Waals surface area (Å²) in [6, 6.07) is 15.7. The molecule has 0 aliphatic heterocycles. The summed E-state index contributed by atoms with van der Waals surface area (Å²) in [7, 11) is 1.57. The molecular weight excluding hydrogens is 314 g/mol. The smallest absolute Gasteiger partial charge is 0.256 e. The number of carbonyl (C=O) groups is 1. The minimum absolute atomic E-state index is 0.130. The summed E-state index contributed by atoms with van der Waals surface area (Å²) >= 11 is 0. The molecule has 2 aromatic carbocycles. The maximum atomic E-state index is 12.5. The molecule has 0 bridgehead atoms. The first-order chi connectivity index (χ1) is 12.0. The Labute approximate surface area is 150 Å². The number of nitrogens with one attached hydrogen (secondary N) is 1. The normalized spacial score (nSPS) is 13.1. The molecule has 25 heavy (non-hydrogen) atoms. The number of hydrogen-bond acceptors (Lipinski definition) is 3. The Morgan fingerprint density at radius 2 is 1.88 bits per heavy atom. The predicted octanol–water partition coefficient (Wildman–Crippen LogP) is 4.72. The van der Waals surface area contributed by atoms with Gasteiger partial charge in [-0.25, -0.2) is 0 Å². The Bertz CT molecular complexity index is 700. The molecule has 0 saturated carbocycles. The van der Waals surface area contributed by atoms with Crippen molar-refractivity contribution in [1.29, 1.82) is 0 Å². The van der Waals surface area contributed by atoms with E-state index < -0.39 is 5.60 Å². The van der Waals surface area contributed by atoms with Gasteiger partial charge in [0.2, 0.25) is 0 Å². The fraction of sp³-hybridized carbons (Fsp3) is 0.381. The number of amides is 1. The summed E-state index contributed by atoms with van der Waals surface area (Å²) in [4.78, 5) is 12.5. The lowest BCUT2D eigenvalue weighted by Gasteiger charge is -2.26. The molecule has 0 heterocycles. The second-order valence-corrected chi connectivity index (χ2v) is 6.39. The number of anilines is 1. The van der Waals surface area contributed by atoms with E-state index in [9.17, 15) is 4.79 Å². The molecule has 0 saturated heterocycles. The molecule has 4 nitrogen and oxygen atoms in total. The number of benzene rings is 2. The Morgan fingerprint density at radius 1 is 1.16 bits per heavy atom. The van der Waals surface area contributed by atoms with E-state index in [2.05, 4.69) is 5.32 Å². The number of hydrogen-bond donors (Lipinski definition) is 1. The predicted molar refractivity (Wildman–Crippen MR) is 101 cm³/mol. The Balaban J connectivity index is 2.02. The Morgan fingerprint density at radius 3 is 2.48 bits per heavy atom. The van der Waals surface area contributed by atoms with Gasteiger partial charge in [-0.1, -0.05) is 43.7 Å². The van der Waals surface area contributed by atoms with E-state index >= 15 is 0 Å². The molecule has 0 aliphatic carbocycles. The highest BCUT2D eigenvalue weighted by Gasteiger charge is 2.32. The van der Waals surface area contributed by atoms with Crippen LogP contribution in [0.4, 0.5) is 5.69 Å². The topological polar surface area (TPSA) is 47.6 Å². The van der Waals surface area contributed by atoms with Crippen LogP contribution in [0.2, 0.25) is 0 Å². The van der Waals surface area contributed by atoms with Crippen molar-refractivity contribution in [3.05, 3.63) is 59.7 Å². The highest BCUT2D eigenvalue weighted by molar-refractivity contribution is 5.97. The van der Waals surface area contributed by atoms with Crippen LogP contribution >= 0.6 is 0 Å². The van der Waals surface area contributed by atoms with Gasteiger partial charge in [0.05, 0.1) is 0 Å². The fourth-order valence-corrected chi connectivity index (χ4v) is 2.67. The van der Waals surface area contributed by atoms with Crippen molar-refractivity contribution in [1.82, 2.24) is 0 Å². The van der Waals surface area contributed by atoms with Crippen molar-refractivity contribution in [3.8, 4) is 5.75 Å². The molecule has 1 N–H and O–H groups in total. The van der Waals surface area contributed by atoms with Gasteiger partial charge in [-0.3, -0.25) is 4.79 Å². The Kier molecular flexibility index (Phi) is 6.59. The van der Waals surface area contributed by atoms with Crippen LogP contribution < -0.4 is 10.1 Å². The molecule has 0 aliphatic rings. The number of ether oxygens (including phenoxy) is 2. The van der Waals surface area contributed by atoms with Crippen LogP contribution in [0, 0.1) is 6.92 Å². The second-order valence-electron chi connectivity index (χ2n) is 6.39. The van der Waals surface area contributed by atoms with Crippen molar-refractivity contribution in [2.75, 3.05) is 12.4 Å². The van der Waals surface area contributed by atoms with Crippen LogP contribution in [-0.4, -0.2) is 18.6 Å². The maximum Gasteiger partial charge on any atom is 0.256 e. The van der Waals surface area contributed by atoms with Crippen molar-refractivity contribution in [2.24, 2.45) is 0 Å². The van der Waals surface area contributed by atoms with Crippen molar-refractivity contribution >= 4 is 11.6 Å². The molecule has 4 heteroatoms. The number of carbonyl (C=O) groups excluding carboxylic acids is 1. The molecule has 0 fully saturated rings. The van der Waals surface area contributed by atoms with Gasteiger partial charge in [-0.15, -0.1) is 0 Å². The minimum atomic E-state index is -0.814. The average molecular weight is 341 g/mol. The molecular formula is C21H27NO3. The Hall–Kier alpha value is -2.33. The first-order valence-corrected chi connectivity index (χ1v) is 8.62. The molecule has 1 amide bonds. The SMILES string of the molecule is CCCC(C)(OC)C(=O)Nc1ccc(OCc2ccccc2)c(C)c1. The first-order valence-electron chi connectivity index (χ1n) is 8.62. The van der Waals surface area contributed by atoms with Crippen LogP contribution in [0.25, 0.3) is 0 Å². The van der Waals surface area contributed by atoms with E-state index in [0.29, 0.717) is 13.0 Å². The lowest BCUT2D eigenvalue weighted by atomic mass is 9.99. The van der Waals surface area contributed by atoms with Gasteiger partial charge in [0.15, 0.2) is 0 Å². The van der Waals surface area contributed by atoms with Gasteiger partial charge < -0.3 is 14.8 Å². The van der Waals surface area contributed by atoms with E-state index in [-0.39, 0.29) is 5.91 Å². The molecule has 1 atom stereocenters. The molecule has 134 valence electrons. The van der Waals surface area contributed by atoms with Gasteiger partial charge in [-0.05, 0) is 49.6 Å². The van der Waals surface area contributed by atoms with Crippen molar-refractivity contribution < 1.29 is 14.3 Å². The summed E-state index contributed by atoms with van der Waals surface area (Å²) in [5, 5.41) is 2.94. The van der Waals surface area contributed by atoms with Gasteiger partial charge in [-0.2, -0.15) is 0 Å². The summed E-state index contributed by atoms with van der Waals surface area (Å²) in [6.45, 7) is 6.34. The van der Waals surface area contributed by atoms with Gasteiger partial charge in [0.25, 0.3) is 5.91 Å². The third-order valence-corrected chi connectivity index (χ3v) is 4.33. The zero-order valence-electron chi connectivity index (χ0n) is 15.5. The molecule has 2 aromatic rings. The quantitative estimate of drug-likeness (QED) is 0.756. The summed E-state index contributed by atoms with van der Waals surface area (Å²) < 4.78 is 11.3. The van der Waals surface area contributed by atoms with Crippen LogP contribution in [0.3, 0.4) is 0 Å². The largest absolute Gasteiger partial charge is 0.489 e. The standard InChI is InChI=1S/C21H27NO3/c1-5-13-21(3,24-4)20(23)22-18-11-12-19(16(2)14-18)25-15-17-9-7-6-8-10-17/h6-12,14H,5,13,15H2,1-4H3,(H,22,23). The van der Waals surface area contributed by atoms with E-state index in [1.807, 2.05) is 69.3 Å². The van der Waals surface area contributed by atoms with Gasteiger partial charge >= 0.3 is 0 Å². The van der Waals surface area contributed by atoms with Crippen molar-refractivity contribution in [3.63, 3.8) is 0 Å². The number of rotatable bonds is 8. The zero-order valence-corrected chi connectivity index (χ0v) is 15.5. The molecule has 0 spiro atoms. The third kappa shape index (κ3) is 5.07. The molecule has 1 unspecified atom stereocenters. The summed E-state index contributed by atoms with van der Waals surface area (Å²) in [5.41, 5.74) is 2.03. The van der Waals surface area contributed by atoms with Crippen molar-refractivity contribution in [2.45, 2.75) is 45.8 Å². The second kappa shape index (κ2) is 8.67. The zero-order chi connectivity index (χ0) is 18.3. The monoisotopic (exact) mass is 341 g/mol. The van der Waals surface area contributed by atoms with Crippen LogP contribution in [0.15, 0.2) is 48.5 Å². The van der Waals surface area contributed by atoms with E-state index in [1.54, 1.807) is 7.11 Å². The van der Waals surface area contributed by atoms with E-state index in [0.717, 1.165) is 29.0 Å². The molecule has 0 radical (unpaired) electrons. The highest BCUT2D eigenvalue weighted by Crippen LogP contribution is 2.25. The molecule has 2 rings (SSSR count). The first kappa shape index (κ1) is 19.0. The van der Waals surface area contributed by atoms with Crippen LogP contribution in [0.5, 0.6) is 5.75 Å². The highest BCUT2D eigenvalue weighted by atomic mass is 16.5. The molecule has 0 aromatic heterocycles. The average Bonchev–Trinajstić information content (AvgIpc) is 2.62. The lowest BCUT2D eigenvalue weighted by Crippen LogP contribution is -2.41. The van der Waals surface area contributed by atoms with E-state index in [4.69, 9.17) is 9.47 Å². The third-order valence-electron chi connectivity index (χ3n) is 4.33. The maximum absolute atomic E-state index is 12.5. The lowest BCUT2D eigenvalue weighted by molar-refractivity contribution is -0.136. The summed E-state index contributed by atoms with van der Waals surface area (Å²) in [5.74, 6) is 0.680. The summed E-state index contributed by atoms with van der Waals surface area (Å²) in [6.07, 6.45) is 1.55. The van der Waals surface area contributed by atoms with Gasteiger partial charge in [0, 0.05) is 12.8 Å².